The van der Waals surface area contributed by atoms with Crippen LogP contribution in [0.5, 0.6) is 11.5 Å². The predicted molar refractivity (Wildman–Crippen MR) is 120 cm³/mol. The van der Waals surface area contributed by atoms with E-state index in [0.717, 1.165) is 5.56 Å². The quantitative estimate of drug-likeness (QED) is 0.571. The van der Waals surface area contributed by atoms with Gasteiger partial charge in [-0.2, -0.15) is 4.31 Å². The maximum atomic E-state index is 13.0. The highest BCUT2D eigenvalue weighted by Gasteiger charge is 2.26. The Morgan fingerprint density at radius 3 is 2.09 bits per heavy atom. The summed E-state index contributed by atoms with van der Waals surface area (Å²) in [6.45, 7) is 1.72. The fourth-order valence-electron chi connectivity index (χ4n) is 3.31. The third-order valence-corrected chi connectivity index (χ3v) is 7.06. The van der Waals surface area contributed by atoms with Crippen LogP contribution in [0.15, 0.2) is 77.7 Å². The molecule has 1 aliphatic heterocycles. The zero-order valence-electron chi connectivity index (χ0n) is 17.7. The van der Waals surface area contributed by atoms with Crippen molar-refractivity contribution in [2.45, 2.75) is 11.4 Å². The SMILES string of the molecule is O=C(NCc1ccc(S(=O)(=O)N2CCOCC2)cc1)c1ccc(Oc2ccc(F)cc2)cc1. The van der Waals surface area contributed by atoms with Gasteiger partial charge in [0.25, 0.3) is 5.91 Å². The summed E-state index contributed by atoms with van der Waals surface area (Å²) in [5, 5.41) is 2.81. The molecule has 4 rings (SSSR count). The first-order valence-electron chi connectivity index (χ1n) is 10.4. The van der Waals surface area contributed by atoms with Crippen LogP contribution in [0.1, 0.15) is 15.9 Å². The predicted octanol–water partition coefficient (Wildman–Crippen LogP) is 3.57. The molecule has 0 bridgehead atoms. The minimum absolute atomic E-state index is 0.219. The molecule has 0 radical (unpaired) electrons. The lowest BCUT2D eigenvalue weighted by molar-refractivity contribution is 0.0730. The summed E-state index contributed by atoms with van der Waals surface area (Å²) in [4.78, 5) is 12.7. The molecule has 0 saturated carbocycles. The van der Waals surface area contributed by atoms with Crippen LogP contribution in [0.3, 0.4) is 0 Å². The number of carbonyl (C=O) groups is 1. The first kappa shape index (κ1) is 22.9. The summed E-state index contributed by atoms with van der Waals surface area (Å²) in [7, 11) is -3.55. The summed E-state index contributed by atoms with van der Waals surface area (Å²) in [5.74, 6) is 0.402. The van der Waals surface area contributed by atoms with Crippen molar-refractivity contribution in [3.8, 4) is 11.5 Å². The molecule has 3 aromatic carbocycles. The number of morpholine rings is 1. The van der Waals surface area contributed by atoms with Gasteiger partial charge in [0, 0.05) is 25.2 Å². The first-order chi connectivity index (χ1) is 15.9. The number of halogens is 1. The van der Waals surface area contributed by atoms with Gasteiger partial charge in [-0.15, -0.1) is 0 Å². The Kier molecular flexibility index (Phi) is 7.02. The van der Waals surface area contributed by atoms with E-state index in [4.69, 9.17) is 9.47 Å². The van der Waals surface area contributed by atoms with Crippen LogP contribution in [-0.2, 0) is 21.3 Å². The van der Waals surface area contributed by atoms with E-state index in [1.165, 1.54) is 28.6 Å². The van der Waals surface area contributed by atoms with E-state index < -0.39 is 10.0 Å². The Labute approximate surface area is 191 Å². The van der Waals surface area contributed by atoms with Crippen molar-refractivity contribution in [3.63, 3.8) is 0 Å². The molecule has 0 unspecified atom stereocenters. The second kappa shape index (κ2) is 10.1. The fraction of sp³-hybridized carbons (Fsp3) is 0.208. The lowest BCUT2D eigenvalue weighted by atomic mass is 10.2. The minimum Gasteiger partial charge on any atom is -0.457 e. The summed E-state index contributed by atoms with van der Waals surface area (Å²) >= 11 is 0. The highest BCUT2D eigenvalue weighted by Crippen LogP contribution is 2.22. The van der Waals surface area contributed by atoms with Gasteiger partial charge in [0.05, 0.1) is 18.1 Å². The second-order valence-corrected chi connectivity index (χ2v) is 9.36. The molecule has 7 nitrogen and oxygen atoms in total. The average molecular weight is 471 g/mol. The number of nitrogens with zero attached hydrogens (tertiary/aromatic N) is 1. The van der Waals surface area contributed by atoms with Crippen LogP contribution in [0.2, 0.25) is 0 Å². The van der Waals surface area contributed by atoms with Crippen LogP contribution in [-0.4, -0.2) is 44.9 Å². The summed E-state index contributed by atoms with van der Waals surface area (Å²) in [5.41, 5.74) is 1.23. The first-order valence-corrected chi connectivity index (χ1v) is 11.8. The van der Waals surface area contributed by atoms with E-state index in [0.29, 0.717) is 43.4 Å². The number of hydrogen-bond donors (Lipinski definition) is 1. The van der Waals surface area contributed by atoms with Crippen molar-refractivity contribution in [1.82, 2.24) is 9.62 Å². The number of nitrogens with one attached hydrogen (secondary N) is 1. The smallest absolute Gasteiger partial charge is 0.251 e. The molecule has 3 aromatic rings. The summed E-state index contributed by atoms with van der Waals surface area (Å²) in [6.07, 6.45) is 0. The molecular formula is C24H23FN2O5S. The van der Waals surface area contributed by atoms with Gasteiger partial charge in [-0.05, 0) is 66.2 Å². The topological polar surface area (TPSA) is 84.9 Å². The van der Waals surface area contributed by atoms with E-state index >= 15 is 0 Å². The van der Waals surface area contributed by atoms with Gasteiger partial charge in [0.15, 0.2) is 0 Å². The van der Waals surface area contributed by atoms with Crippen molar-refractivity contribution in [1.29, 1.82) is 0 Å². The van der Waals surface area contributed by atoms with Gasteiger partial charge in [0.2, 0.25) is 10.0 Å². The minimum atomic E-state index is -3.55. The normalized spacial score (nSPS) is 14.6. The maximum absolute atomic E-state index is 13.0. The fourth-order valence-corrected chi connectivity index (χ4v) is 4.72. The number of sulfonamides is 1. The molecule has 1 aliphatic rings. The largest absolute Gasteiger partial charge is 0.457 e. The van der Waals surface area contributed by atoms with Crippen LogP contribution in [0, 0.1) is 5.82 Å². The molecule has 0 aliphatic carbocycles. The number of rotatable bonds is 7. The number of carbonyl (C=O) groups excluding carboxylic acids is 1. The molecule has 0 atom stereocenters. The monoisotopic (exact) mass is 470 g/mol. The van der Waals surface area contributed by atoms with Crippen LogP contribution in [0.25, 0.3) is 0 Å². The number of ether oxygens (including phenoxy) is 2. The van der Waals surface area contributed by atoms with E-state index in [1.54, 1.807) is 48.5 Å². The third-order valence-electron chi connectivity index (χ3n) is 5.15. The Balaban J connectivity index is 1.32. The molecule has 1 N–H and O–H groups in total. The van der Waals surface area contributed by atoms with Gasteiger partial charge >= 0.3 is 0 Å². The highest BCUT2D eigenvalue weighted by molar-refractivity contribution is 7.89. The van der Waals surface area contributed by atoms with E-state index in [-0.39, 0.29) is 23.2 Å². The zero-order chi connectivity index (χ0) is 23.3. The van der Waals surface area contributed by atoms with Crippen LogP contribution < -0.4 is 10.1 Å². The average Bonchev–Trinajstić information content (AvgIpc) is 2.85. The summed E-state index contributed by atoms with van der Waals surface area (Å²) in [6, 6.07) is 18.7. The Hall–Kier alpha value is -3.27. The lowest BCUT2D eigenvalue weighted by Crippen LogP contribution is -2.40. The lowest BCUT2D eigenvalue weighted by Gasteiger charge is -2.26. The van der Waals surface area contributed by atoms with Crippen LogP contribution >= 0.6 is 0 Å². The molecule has 1 saturated heterocycles. The van der Waals surface area contributed by atoms with Crippen molar-refractivity contribution in [3.05, 3.63) is 89.7 Å². The maximum Gasteiger partial charge on any atom is 0.251 e. The molecule has 1 amide bonds. The molecule has 0 spiro atoms. The van der Waals surface area contributed by atoms with Crippen LogP contribution in [0.4, 0.5) is 4.39 Å². The molecular weight excluding hydrogens is 447 g/mol. The molecule has 1 heterocycles. The number of amides is 1. The second-order valence-electron chi connectivity index (χ2n) is 7.42. The van der Waals surface area contributed by atoms with E-state index in [2.05, 4.69) is 5.32 Å². The summed E-state index contributed by atoms with van der Waals surface area (Å²) < 4.78 is 50.6. The van der Waals surface area contributed by atoms with Gasteiger partial charge in [-0.1, -0.05) is 12.1 Å². The molecule has 172 valence electrons. The molecule has 9 heteroatoms. The molecule has 33 heavy (non-hydrogen) atoms. The third kappa shape index (κ3) is 5.75. The van der Waals surface area contributed by atoms with Crippen molar-refractivity contribution >= 4 is 15.9 Å². The highest BCUT2D eigenvalue weighted by atomic mass is 32.2. The number of benzene rings is 3. The van der Waals surface area contributed by atoms with Crippen molar-refractivity contribution < 1.29 is 27.1 Å². The van der Waals surface area contributed by atoms with E-state index in [9.17, 15) is 17.6 Å². The van der Waals surface area contributed by atoms with Gasteiger partial charge in [-0.3, -0.25) is 4.79 Å². The Morgan fingerprint density at radius 2 is 1.48 bits per heavy atom. The van der Waals surface area contributed by atoms with Gasteiger partial charge in [-0.25, -0.2) is 12.8 Å². The van der Waals surface area contributed by atoms with Crippen molar-refractivity contribution in [2.75, 3.05) is 26.3 Å². The zero-order valence-corrected chi connectivity index (χ0v) is 18.6. The standard InChI is InChI=1S/C24H23FN2O5S/c25-20-5-9-22(10-6-20)32-21-7-3-19(4-8-21)24(28)26-17-18-1-11-23(12-2-18)33(29,30)27-13-15-31-16-14-27/h1-12H,13-17H2,(H,26,28). The number of hydrogen-bond acceptors (Lipinski definition) is 5. The molecule has 0 aromatic heterocycles. The van der Waals surface area contributed by atoms with Gasteiger partial charge < -0.3 is 14.8 Å². The Morgan fingerprint density at radius 1 is 0.909 bits per heavy atom. The van der Waals surface area contributed by atoms with Crippen molar-refractivity contribution in [2.24, 2.45) is 0 Å². The van der Waals surface area contributed by atoms with E-state index in [1.807, 2.05) is 0 Å². The Bertz CT molecular complexity index is 1190. The molecule has 1 fully saturated rings. The van der Waals surface area contributed by atoms with Gasteiger partial charge in [0.1, 0.15) is 17.3 Å².